The van der Waals surface area contributed by atoms with Crippen LogP contribution in [0.1, 0.15) is 25.7 Å². The molecule has 0 rings (SSSR count). The Hall–Kier alpha value is -0.672. The average molecular weight is 683 g/mol. The SMILES string of the molecule is CO[Si](OC)(OC)C(CCOC(=O)CCC(=O)OCCC([Si](OC)(OC)OC)[Si](OC)(OC)OC)[Si](OC)(OC)OC. The molecular weight excluding hydrogens is 633 g/mol. The van der Waals surface area contributed by atoms with Gasteiger partial charge in [0.05, 0.1) is 26.1 Å². The maximum atomic E-state index is 12.4. The lowest BCUT2D eigenvalue weighted by Crippen LogP contribution is -2.62. The highest BCUT2D eigenvalue weighted by Gasteiger charge is 2.65. The van der Waals surface area contributed by atoms with E-state index in [-0.39, 0.29) is 38.9 Å². The van der Waals surface area contributed by atoms with Crippen LogP contribution >= 0.6 is 0 Å². The summed E-state index contributed by atoms with van der Waals surface area (Å²) in [7, 11) is 4.06. The standard InChI is InChI=1S/C22H50O16Si4/c1-25-39(26-2,27-3)21(40(28-4,29-5)30-6)15-17-37-19(23)13-14-20(24)38-18-16-22(41(31-7,32-8)33-9)42(34-10,35-11)36-12/h21-22H,13-18H2,1-12H3. The lowest BCUT2D eigenvalue weighted by molar-refractivity contribution is -0.150. The van der Waals surface area contributed by atoms with Gasteiger partial charge in [-0.3, -0.25) is 9.59 Å². The van der Waals surface area contributed by atoms with Crippen LogP contribution in [0.2, 0.25) is 10.3 Å². The number of hydrogen-bond donors (Lipinski definition) is 0. The van der Waals surface area contributed by atoms with Crippen LogP contribution in [0.25, 0.3) is 0 Å². The van der Waals surface area contributed by atoms with Gasteiger partial charge in [-0.05, 0) is 12.8 Å². The molecule has 0 bridgehead atoms. The number of esters is 2. The fourth-order valence-corrected chi connectivity index (χ4v) is 19.8. The van der Waals surface area contributed by atoms with Crippen molar-refractivity contribution in [3.63, 3.8) is 0 Å². The van der Waals surface area contributed by atoms with Crippen molar-refractivity contribution in [2.45, 2.75) is 36.0 Å². The zero-order valence-electron chi connectivity index (χ0n) is 26.9. The molecular formula is C22H50O16Si4. The van der Waals surface area contributed by atoms with Crippen LogP contribution in [0, 0.1) is 0 Å². The minimum absolute atomic E-state index is 0.0502. The normalized spacial score (nSPS) is 13.2. The first-order valence-corrected chi connectivity index (χ1v) is 20.1. The second-order valence-electron chi connectivity index (χ2n) is 8.49. The van der Waals surface area contributed by atoms with Gasteiger partial charge >= 0.3 is 47.2 Å². The van der Waals surface area contributed by atoms with Crippen molar-refractivity contribution in [3.8, 4) is 0 Å². The first-order chi connectivity index (χ1) is 20.0. The van der Waals surface area contributed by atoms with Gasteiger partial charge in [0, 0.05) is 85.3 Å². The Balaban J connectivity index is 5.23. The molecule has 0 heterocycles. The quantitative estimate of drug-likeness (QED) is 0.0987. The summed E-state index contributed by atoms with van der Waals surface area (Å²) in [6, 6.07) is 0. The molecule has 0 saturated heterocycles. The van der Waals surface area contributed by atoms with E-state index in [0.717, 1.165) is 0 Å². The molecule has 0 atom stereocenters. The van der Waals surface area contributed by atoms with Gasteiger partial charge in [0.1, 0.15) is 10.3 Å². The summed E-state index contributed by atoms with van der Waals surface area (Å²) in [6.45, 7) is -0.100. The van der Waals surface area contributed by atoms with E-state index in [2.05, 4.69) is 0 Å². The van der Waals surface area contributed by atoms with Crippen molar-refractivity contribution in [2.24, 2.45) is 0 Å². The number of carbonyl (C=O) groups is 2. The Morgan fingerprint density at radius 3 is 0.762 bits per heavy atom. The molecule has 16 nitrogen and oxygen atoms in total. The predicted molar refractivity (Wildman–Crippen MR) is 155 cm³/mol. The lowest BCUT2D eigenvalue weighted by atomic mass is 10.3. The zero-order chi connectivity index (χ0) is 32.5. The van der Waals surface area contributed by atoms with Crippen LogP contribution in [0.4, 0.5) is 0 Å². The van der Waals surface area contributed by atoms with Gasteiger partial charge in [-0.1, -0.05) is 0 Å². The van der Waals surface area contributed by atoms with E-state index < -0.39 is 57.5 Å². The summed E-state index contributed by atoms with van der Waals surface area (Å²) in [4.78, 5) is 24.9. The molecule has 0 aromatic carbocycles. The molecule has 0 saturated carbocycles. The van der Waals surface area contributed by atoms with Gasteiger partial charge in [-0.15, -0.1) is 0 Å². The van der Waals surface area contributed by atoms with E-state index in [1.165, 1.54) is 85.3 Å². The second kappa shape index (κ2) is 20.4. The fourth-order valence-electron chi connectivity index (χ4n) is 4.78. The number of carbonyl (C=O) groups excluding carboxylic acids is 2. The molecule has 0 unspecified atom stereocenters. The Bertz CT molecular complexity index is 628. The van der Waals surface area contributed by atoms with Crippen molar-refractivity contribution in [2.75, 3.05) is 98.5 Å². The van der Waals surface area contributed by atoms with Gasteiger partial charge in [-0.25, -0.2) is 0 Å². The third-order valence-electron chi connectivity index (χ3n) is 6.99. The summed E-state index contributed by atoms with van der Waals surface area (Å²) in [6.07, 6.45) is 0.00967. The lowest BCUT2D eigenvalue weighted by Gasteiger charge is -2.39. The van der Waals surface area contributed by atoms with E-state index in [1.807, 2.05) is 0 Å². The summed E-state index contributed by atoms with van der Waals surface area (Å²) in [5, 5.41) is -1.20. The largest absolute Gasteiger partial charge is 0.508 e. The minimum atomic E-state index is -3.35. The maximum absolute atomic E-state index is 12.4. The van der Waals surface area contributed by atoms with Crippen molar-refractivity contribution >= 4 is 47.2 Å². The summed E-state index contributed by atoms with van der Waals surface area (Å²) >= 11 is 0. The Morgan fingerprint density at radius 2 is 0.595 bits per heavy atom. The molecule has 250 valence electrons. The molecule has 0 spiro atoms. The number of ether oxygens (including phenoxy) is 2. The van der Waals surface area contributed by atoms with Crippen molar-refractivity contribution in [1.29, 1.82) is 0 Å². The monoisotopic (exact) mass is 682 g/mol. The first-order valence-electron chi connectivity index (χ1n) is 12.9. The van der Waals surface area contributed by atoms with Crippen LogP contribution in [0.3, 0.4) is 0 Å². The van der Waals surface area contributed by atoms with E-state index in [0.29, 0.717) is 0 Å². The van der Waals surface area contributed by atoms with E-state index in [4.69, 9.17) is 62.6 Å². The molecule has 0 aromatic heterocycles. The minimum Gasteiger partial charge on any atom is -0.466 e. The zero-order valence-corrected chi connectivity index (χ0v) is 30.9. The predicted octanol–water partition coefficient (Wildman–Crippen LogP) is 0.964. The van der Waals surface area contributed by atoms with Crippen molar-refractivity contribution in [1.82, 2.24) is 0 Å². The van der Waals surface area contributed by atoms with Gasteiger partial charge in [0.2, 0.25) is 0 Å². The van der Waals surface area contributed by atoms with E-state index >= 15 is 0 Å². The third-order valence-corrected chi connectivity index (χ3v) is 22.6. The number of hydrogen-bond acceptors (Lipinski definition) is 16. The molecule has 0 radical (unpaired) electrons. The first kappa shape index (κ1) is 41.3. The van der Waals surface area contributed by atoms with Crippen LogP contribution in [0.15, 0.2) is 0 Å². The molecule has 42 heavy (non-hydrogen) atoms. The Labute approximate surface area is 253 Å². The van der Waals surface area contributed by atoms with Crippen molar-refractivity contribution in [3.05, 3.63) is 0 Å². The summed E-state index contributed by atoms with van der Waals surface area (Å²) in [5.74, 6) is -1.20. The van der Waals surface area contributed by atoms with Crippen LogP contribution in [-0.2, 0) is 72.2 Å². The highest BCUT2D eigenvalue weighted by Crippen LogP contribution is 2.39. The topological polar surface area (TPSA) is 163 Å². The summed E-state index contributed by atoms with van der Waals surface area (Å²) in [5.41, 5.74) is 0. The summed E-state index contributed by atoms with van der Waals surface area (Å²) < 4.78 is 78.3. The molecule has 0 aromatic rings. The molecule has 0 aliphatic rings. The average Bonchev–Trinajstić information content (AvgIpc) is 3.03. The molecule has 0 aliphatic carbocycles. The van der Waals surface area contributed by atoms with Crippen molar-refractivity contribution < 1.29 is 72.2 Å². The van der Waals surface area contributed by atoms with E-state index in [1.54, 1.807) is 0 Å². The van der Waals surface area contributed by atoms with Crippen LogP contribution in [0.5, 0.6) is 0 Å². The third kappa shape index (κ3) is 9.92. The Kier molecular flexibility index (Phi) is 20.0. The van der Waals surface area contributed by atoms with Crippen LogP contribution < -0.4 is 0 Å². The number of rotatable bonds is 25. The fraction of sp³-hybridized carbons (Fsp3) is 0.909. The maximum Gasteiger partial charge on any atom is 0.508 e. The molecule has 0 N–H and O–H groups in total. The molecule has 20 heteroatoms. The molecule has 0 amide bonds. The van der Waals surface area contributed by atoms with Gasteiger partial charge in [-0.2, -0.15) is 0 Å². The van der Waals surface area contributed by atoms with Crippen LogP contribution in [-0.4, -0.2) is 146 Å². The van der Waals surface area contributed by atoms with E-state index in [9.17, 15) is 9.59 Å². The highest BCUT2D eigenvalue weighted by atomic mass is 28.5. The van der Waals surface area contributed by atoms with Gasteiger partial charge in [0.25, 0.3) is 0 Å². The van der Waals surface area contributed by atoms with Gasteiger partial charge < -0.3 is 62.6 Å². The highest BCUT2D eigenvalue weighted by molar-refractivity contribution is 6.83. The Morgan fingerprint density at radius 1 is 0.405 bits per heavy atom. The molecule has 0 fully saturated rings. The molecule has 0 aliphatic heterocycles. The second-order valence-corrected chi connectivity index (χ2v) is 22.2. The van der Waals surface area contributed by atoms with Gasteiger partial charge in [0.15, 0.2) is 0 Å². The smallest absolute Gasteiger partial charge is 0.466 e.